The third-order valence-corrected chi connectivity index (χ3v) is 8.21. The van der Waals surface area contributed by atoms with E-state index >= 15 is 0 Å². The molecule has 0 heterocycles. The van der Waals surface area contributed by atoms with E-state index in [0.29, 0.717) is 10.8 Å². The highest BCUT2D eigenvalue weighted by Crippen LogP contribution is 2.55. The minimum atomic E-state index is -0.00736. The van der Waals surface area contributed by atoms with E-state index in [-0.39, 0.29) is 6.10 Å². The van der Waals surface area contributed by atoms with Crippen LogP contribution in [0.15, 0.2) is 0 Å². The standard InChI is InChI=1S/C22H40O/c1-17-7-4-5-12-21(2,16-17)13-10-18-8-6-9-19-15-20(23)11-14-22(18,19)3/h17-20,23H,4-16H2,1-3H3/t17-,18-,19?,20+,21?,22?/m1/s1. The fourth-order valence-corrected chi connectivity index (χ4v) is 6.64. The molecule has 0 bridgehead atoms. The Morgan fingerprint density at radius 3 is 2.61 bits per heavy atom. The maximum atomic E-state index is 10.1. The van der Waals surface area contributed by atoms with Crippen molar-refractivity contribution in [1.82, 2.24) is 0 Å². The first kappa shape index (κ1) is 17.8. The van der Waals surface area contributed by atoms with Gasteiger partial charge in [-0.05, 0) is 86.4 Å². The van der Waals surface area contributed by atoms with Gasteiger partial charge in [0.25, 0.3) is 0 Å². The SMILES string of the molecule is C[C@@H]1CCCCC(C)(CC[C@H]2CCCC3C[C@@H](O)CCC32C)C1. The van der Waals surface area contributed by atoms with Crippen LogP contribution in [-0.4, -0.2) is 11.2 Å². The molecule has 3 saturated carbocycles. The van der Waals surface area contributed by atoms with Gasteiger partial charge in [-0.1, -0.05) is 46.5 Å². The zero-order valence-corrected chi connectivity index (χ0v) is 15.9. The van der Waals surface area contributed by atoms with Crippen LogP contribution < -0.4 is 0 Å². The molecule has 3 unspecified atom stereocenters. The van der Waals surface area contributed by atoms with Gasteiger partial charge in [-0.15, -0.1) is 0 Å². The maximum Gasteiger partial charge on any atom is 0.0543 e. The van der Waals surface area contributed by atoms with Gasteiger partial charge >= 0.3 is 0 Å². The molecule has 0 spiro atoms. The second-order valence-corrected chi connectivity index (χ2v) is 10.2. The van der Waals surface area contributed by atoms with Crippen molar-refractivity contribution < 1.29 is 5.11 Å². The van der Waals surface area contributed by atoms with Gasteiger partial charge in [-0.3, -0.25) is 0 Å². The third-order valence-electron chi connectivity index (χ3n) is 8.21. The van der Waals surface area contributed by atoms with Crippen molar-refractivity contribution in [3.63, 3.8) is 0 Å². The van der Waals surface area contributed by atoms with Crippen LogP contribution in [0.3, 0.4) is 0 Å². The number of fused-ring (bicyclic) bond motifs is 1. The molecule has 0 saturated heterocycles. The summed E-state index contributed by atoms with van der Waals surface area (Å²) in [6, 6.07) is 0. The Bertz CT molecular complexity index is 391. The molecule has 0 aromatic carbocycles. The summed E-state index contributed by atoms with van der Waals surface area (Å²) >= 11 is 0. The van der Waals surface area contributed by atoms with Crippen LogP contribution in [0.2, 0.25) is 0 Å². The Kier molecular flexibility index (Phi) is 5.46. The molecule has 0 radical (unpaired) electrons. The zero-order chi connectivity index (χ0) is 16.5. The van der Waals surface area contributed by atoms with Gasteiger partial charge < -0.3 is 5.11 Å². The first-order valence-electron chi connectivity index (χ1n) is 10.6. The Balaban J connectivity index is 1.62. The lowest BCUT2D eigenvalue weighted by Crippen LogP contribution is -2.44. The van der Waals surface area contributed by atoms with Crippen LogP contribution in [0.1, 0.15) is 104 Å². The summed E-state index contributed by atoms with van der Waals surface area (Å²) in [6.45, 7) is 7.64. The maximum absolute atomic E-state index is 10.1. The zero-order valence-electron chi connectivity index (χ0n) is 15.9. The van der Waals surface area contributed by atoms with E-state index in [9.17, 15) is 5.11 Å². The van der Waals surface area contributed by atoms with Crippen molar-refractivity contribution in [1.29, 1.82) is 0 Å². The molecule has 6 atom stereocenters. The number of aliphatic hydroxyl groups excluding tert-OH is 1. The number of hydrogen-bond donors (Lipinski definition) is 1. The minimum Gasteiger partial charge on any atom is -0.393 e. The fourth-order valence-electron chi connectivity index (χ4n) is 6.64. The van der Waals surface area contributed by atoms with Crippen LogP contribution in [0.4, 0.5) is 0 Å². The molecule has 3 aliphatic carbocycles. The average molecular weight is 321 g/mol. The predicted molar refractivity (Wildman–Crippen MR) is 98.4 cm³/mol. The Labute approximate surface area is 144 Å². The van der Waals surface area contributed by atoms with E-state index in [2.05, 4.69) is 20.8 Å². The lowest BCUT2D eigenvalue weighted by atomic mass is 9.53. The molecule has 23 heavy (non-hydrogen) atoms. The van der Waals surface area contributed by atoms with Crippen molar-refractivity contribution in [2.24, 2.45) is 28.6 Å². The van der Waals surface area contributed by atoms with Gasteiger partial charge in [-0.25, -0.2) is 0 Å². The Morgan fingerprint density at radius 1 is 0.957 bits per heavy atom. The molecule has 0 aromatic rings. The van der Waals surface area contributed by atoms with Gasteiger partial charge in [0, 0.05) is 0 Å². The summed E-state index contributed by atoms with van der Waals surface area (Å²) in [5.41, 5.74) is 1.14. The Morgan fingerprint density at radius 2 is 1.78 bits per heavy atom. The predicted octanol–water partition coefficient (Wildman–Crippen LogP) is 6.34. The number of aliphatic hydroxyl groups is 1. The van der Waals surface area contributed by atoms with E-state index in [0.717, 1.165) is 30.6 Å². The van der Waals surface area contributed by atoms with E-state index in [1.165, 1.54) is 70.6 Å². The normalized spacial score (nSPS) is 48.5. The van der Waals surface area contributed by atoms with Crippen LogP contribution in [0.25, 0.3) is 0 Å². The lowest BCUT2D eigenvalue weighted by molar-refractivity contribution is -0.0525. The monoisotopic (exact) mass is 320 g/mol. The molecular weight excluding hydrogens is 280 g/mol. The molecule has 134 valence electrons. The fraction of sp³-hybridized carbons (Fsp3) is 1.00. The van der Waals surface area contributed by atoms with Crippen LogP contribution in [0.5, 0.6) is 0 Å². The third kappa shape index (κ3) is 3.97. The van der Waals surface area contributed by atoms with Crippen molar-refractivity contribution in [2.75, 3.05) is 0 Å². The van der Waals surface area contributed by atoms with Gasteiger partial charge in [0.2, 0.25) is 0 Å². The summed E-state index contributed by atoms with van der Waals surface area (Å²) in [4.78, 5) is 0. The number of rotatable bonds is 3. The summed E-state index contributed by atoms with van der Waals surface area (Å²) in [6.07, 6.45) is 17.8. The van der Waals surface area contributed by atoms with Crippen molar-refractivity contribution >= 4 is 0 Å². The highest BCUT2D eigenvalue weighted by Gasteiger charge is 2.47. The van der Waals surface area contributed by atoms with Gasteiger partial charge in [0.1, 0.15) is 0 Å². The van der Waals surface area contributed by atoms with Crippen molar-refractivity contribution in [2.45, 2.75) is 110 Å². The molecule has 1 nitrogen and oxygen atoms in total. The van der Waals surface area contributed by atoms with E-state index in [1.807, 2.05) is 0 Å². The van der Waals surface area contributed by atoms with Crippen molar-refractivity contribution in [3.8, 4) is 0 Å². The highest BCUT2D eigenvalue weighted by atomic mass is 16.3. The molecule has 0 aliphatic heterocycles. The summed E-state index contributed by atoms with van der Waals surface area (Å²) in [5, 5.41) is 10.1. The molecule has 3 fully saturated rings. The van der Waals surface area contributed by atoms with Crippen LogP contribution >= 0.6 is 0 Å². The van der Waals surface area contributed by atoms with E-state index in [1.54, 1.807) is 0 Å². The average Bonchev–Trinajstić information content (AvgIpc) is 2.67. The summed E-state index contributed by atoms with van der Waals surface area (Å²) in [7, 11) is 0. The summed E-state index contributed by atoms with van der Waals surface area (Å²) < 4.78 is 0. The number of hydrogen-bond acceptors (Lipinski definition) is 1. The van der Waals surface area contributed by atoms with Crippen LogP contribution in [-0.2, 0) is 0 Å². The second kappa shape index (κ2) is 7.06. The Hall–Kier alpha value is -0.0400. The van der Waals surface area contributed by atoms with Crippen LogP contribution in [0, 0.1) is 28.6 Å². The van der Waals surface area contributed by atoms with Gasteiger partial charge in [-0.2, -0.15) is 0 Å². The first-order chi connectivity index (χ1) is 10.9. The second-order valence-electron chi connectivity index (χ2n) is 10.2. The molecule has 1 heteroatoms. The van der Waals surface area contributed by atoms with E-state index in [4.69, 9.17) is 0 Å². The molecular formula is C22H40O. The molecule has 1 N–H and O–H groups in total. The van der Waals surface area contributed by atoms with E-state index < -0.39 is 0 Å². The van der Waals surface area contributed by atoms with Gasteiger partial charge in [0.05, 0.1) is 6.10 Å². The molecule has 3 aliphatic rings. The smallest absolute Gasteiger partial charge is 0.0543 e. The molecule has 3 rings (SSSR count). The van der Waals surface area contributed by atoms with Gasteiger partial charge in [0.15, 0.2) is 0 Å². The summed E-state index contributed by atoms with van der Waals surface area (Å²) in [5.74, 6) is 2.65. The minimum absolute atomic E-state index is 0.00736. The highest BCUT2D eigenvalue weighted by molar-refractivity contribution is 4.97. The van der Waals surface area contributed by atoms with Crippen molar-refractivity contribution in [3.05, 3.63) is 0 Å². The largest absolute Gasteiger partial charge is 0.393 e. The quantitative estimate of drug-likeness (QED) is 0.601. The lowest BCUT2D eigenvalue weighted by Gasteiger charge is -2.52. The first-order valence-corrected chi connectivity index (χ1v) is 10.6. The molecule has 0 amide bonds. The topological polar surface area (TPSA) is 20.2 Å². The molecule has 0 aromatic heterocycles.